The lowest BCUT2D eigenvalue weighted by molar-refractivity contribution is -0.160. The van der Waals surface area contributed by atoms with Gasteiger partial charge < -0.3 is 18.6 Å². The van der Waals surface area contributed by atoms with Crippen molar-refractivity contribution < 1.29 is 23.4 Å². The van der Waals surface area contributed by atoms with Gasteiger partial charge in [0.15, 0.2) is 0 Å². The first-order valence-electron chi connectivity index (χ1n) is 12.6. The lowest BCUT2D eigenvalue weighted by Gasteiger charge is -2.49. The molecule has 0 spiro atoms. The van der Waals surface area contributed by atoms with E-state index in [-0.39, 0.29) is 36.6 Å². The van der Waals surface area contributed by atoms with Gasteiger partial charge in [0.25, 0.3) is 0 Å². The molecular formula is C27H46O5Si. The minimum absolute atomic E-state index is 0.00909. The van der Waals surface area contributed by atoms with Crippen LogP contribution < -0.4 is 0 Å². The number of ether oxygens (including phenoxy) is 3. The molecule has 1 heterocycles. The molecule has 2 rings (SSSR count). The van der Waals surface area contributed by atoms with E-state index in [9.17, 15) is 4.79 Å². The molecule has 1 aliphatic rings. The lowest BCUT2D eigenvalue weighted by atomic mass is 9.88. The Morgan fingerprint density at radius 1 is 1.06 bits per heavy atom. The summed E-state index contributed by atoms with van der Waals surface area (Å²) >= 11 is 0. The Hall–Kier alpha value is -1.21. The number of carbonyl (C=O) groups is 1. The van der Waals surface area contributed by atoms with Gasteiger partial charge in [-0.25, -0.2) is 0 Å². The molecule has 33 heavy (non-hydrogen) atoms. The van der Waals surface area contributed by atoms with Crippen molar-refractivity contribution in [1.29, 1.82) is 0 Å². The van der Waals surface area contributed by atoms with E-state index < -0.39 is 8.32 Å². The number of carbonyl (C=O) groups excluding carboxylic acids is 1. The predicted molar refractivity (Wildman–Crippen MR) is 136 cm³/mol. The quantitative estimate of drug-likeness (QED) is 0.195. The molecule has 5 nitrogen and oxygen atoms in total. The van der Waals surface area contributed by atoms with E-state index in [2.05, 4.69) is 60.6 Å². The molecule has 0 bridgehead atoms. The van der Waals surface area contributed by atoms with E-state index in [0.29, 0.717) is 29.8 Å². The highest BCUT2D eigenvalue weighted by Crippen LogP contribution is 2.45. The van der Waals surface area contributed by atoms with Gasteiger partial charge in [-0.15, -0.1) is 0 Å². The van der Waals surface area contributed by atoms with Gasteiger partial charge >= 0.3 is 5.97 Å². The van der Waals surface area contributed by atoms with Crippen LogP contribution in [0, 0.1) is 5.92 Å². The van der Waals surface area contributed by atoms with Gasteiger partial charge in [-0.1, -0.05) is 78.8 Å². The Kier molecular flexibility index (Phi) is 11.1. The highest BCUT2D eigenvalue weighted by atomic mass is 28.4. The number of methoxy groups -OCH3 is 1. The molecule has 0 N–H and O–H groups in total. The first kappa shape index (κ1) is 28.0. The van der Waals surface area contributed by atoms with Crippen LogP contribution in [0.3, 0.4) is 0 Å². The third-order valence-electron chi connectivity index (χ3n) is 7.39. The van der Waals surface area contributed by atoms with Gasteiger partial charge in [0.2, 0.25) is 8.32 Å². The van der Waals surface area contributed by atoms with E-state index in [4.69, 9.17) is 18.6 Å². The molecule has 1 aromatic rings. The number of esters is 1. The summed E-state index contributed by atoms with van der Waals surface area (Å²) < 4.78 is 24.5. The average Bonchev–Trinajstić information content (AvgIpc) is 2.77. The van der Waals surface area contributed by atoms with Gasteiger partial charge in [0, 0.05) is 12.5 Å². The molecule has 4 atom stereocenters. The molecule has 1 aliphatic heterocycles. The summed E-state index contributed by atoms with van der Waals surface area (Å²) in [6, 6.07) is 10.2. The molecular weight excluding hydrogens is 432 g/mol. The van der Waals surface area contributed by atoms with Crippen molar-refractivity contribution in [2.75, 3.05) is 13.7 Å². The van der Waals surface area contributed by atoms with E-state index in [1.54, 1.807) is 0 Å². The molecule has 188 valence electrons. The van der Waals surface area contributed by atoms with E-state index in [0.717, 1.165) is 12.8 Å². The first-order valence-corrected chi connectivity index (χ1v) is 14.8. The molecule has 0 radical (unpaired) electrons. The van der Waals surface area contributed by atoms with Gasteiger partial charge in [-0.2, -0.15) is 0 Å². The number of rotatable bonds is 12. The Balaban J connectivity index is 2.11. The summed E-state index contributed by atoms with van der Waals surface area (Å²) in [5.41, 5.74) is 2.71. The van der Waals surface area contributed by atoms with Crippen LogP contribution in [-0.2, 0) is 30.0 Å². The minimum Gasteiger partial charge on any atom is -0.469 e. The first-order chi connectivity index (χ1) is 15.6. The third kappa shape index (κ3) is 7.38. The summed E-state index contributed by atoms with van der Waals surface area (Å²) in [5.74, 6) is -0.0969. The van der Waals surface area contributed by atoms with Gasteiger partial charge in [0.05, 0.1) is 38.4 Å². The zero-order chi connectivity index (χ0) is 24.6. The van der Waals surface area contributed by atoms with Crippen molar-refractivity contribution in [2.24, 2.45) is 5.92 Å². The van der Waals surface area contributed by atoms with Crippen LogP contribution in [0.15, 0.2) is 30.3 Å². The van der Waals surface area contributed by atoms with Crippen LogP contribution >= 0.6 is 0 Å². The van der Waals surface area contributed by atoms with Crippen molar-refractivity contribution in [3.05, 3.63) is 35.9 Å². The summed E-state index contributed by atoms with van der Waals surface area (Å²) in [4.78, 5) is 12.1. The smallest absolute Gasteiger partial charge is 0.308 e. The van der Waals surface area contributed by atoms with E-state index >= 15 is 0 Å². The maximum atomic E-state index is 12.1. The van der Waals surface area contributed by atoms with Crippen LogP contribution in [0.4, 0.5) is 0 Å². The Labute approximate surface area is 202 Å². The zero-order valence-electron chi connectivity index (χ0n) is 22.0. The fraction of sp³-hybridized carbons (Fsp3) is 0.741. The normalized spacial score (nSPS) is 24.0. The molecule has 0 aromatic heterocycles. The fourth-order valence-corrected chi connectivity index (χ4v) is 11.3. The highest BCUT2D eigenvalue weighted by Gasteiger charge is 2.49. The number of hydrogen-bond donors (Lipinski definition) is 0. The maximum Gasteiger partial charge on any atom is 0.308 e. The topological polar surface area (TPSA) is 54.0 Å². The average molecular weight is 479 g/mol. The molecule has 0 amide bonds. The standard InChI is InChI=1S/C27H46O5Si/c1-19(2)33(20(3)4,21(5)6)32-26-16-24(31-25(22(26)7)17-27(28)29-8)14-15-30-18-23-12-10-9-11-13-23/h9-13,19-22,24-26H,14-18H2,1-8H3/t22-,24+,25-,26+/m1/s1. The predicted octanol–water partition coefficient (Wildman–Crippen LogP) is 6.51. The lowest BCUT2D eigenvalue weighted by Crippen LogP contribution is -2.55. The van der Waals surface area contributed by atoms with E-state index in [1.165, 1.54) is 12.7 Å². The van der Waals surface area contributed by atoms with Crippen LogP contribution in [0.25, 0.3) is 0 Å². The van der Waals surface area contributed by atoms with Crippen molar-refractivity contribution in [3.8, 4) is 0 Å². The Morgan fingerprint density at radius 3 is 2.21 bits per heavy atom. The summed E-state index contributed by atoms with van der Waals surface area (Å²) in [5, 5.41) is 0. The molecule has 0 unspecified atom stereocenters. The molecule has 0 saturated carbocycles. The summed E-state index contributed by atoms with van der Waals surface area (Å²) in [6.45, 7) is 17.3. The number of benzene rings is 1. The minimum atomic E-state index is -2.05. The molecule has 1 fully saturated rings. The second kappa shape index (κ2) is 13.0. The summed E-state index contributed by atoms with van der Waals surface area (Å²) in [6.07, 6.45) is 1.78. The molecule has 0 aliphatic carbocycles. The highest BCUT2D eigenvalue weighted by molar-refractivity contribution is 6.77. The Morgan fingerprint density at radius 2 is 1.67 bits per heavy atom. The van der Waals surface area contributed by atoms with Crippen molar-refractivity contribution in [1.82, 2.24) is 0 Å². The maximum absolute atomic E-state index is 12.1. The molecule has 6 heteroatoms. The molecule has 1 aromatic carbocycles. The summed E-state index contributed by atoms with van der Waals surface area (Å²) in [7, 11) is -0.612. The van der Waals surface area contributed by atoms with Gasteiger partial charge in [-0.05, 0) is 35.0 Å². The third-order valence-corrected chi connectivity index (χ3v) is 13.5. The van der Waals surface area contributed by atoms with Gasteiger partial charge in [-0.3, -0.25) is 4.79 Å². The second-order valence-electron chi connectivity index (χ2n) is 10.5. The van der Waals surface area contributed by atoms with Gasteiger partial charge in [0.1, 0.15) is 0 Å². The SMILES string of the molecule is COC(=O)C[C@H]1O[C@@H](CCOCc2ccccc2)C[C@H](O[Si](C(C)C)(C(C)C)C(C)C)[C@@H]1C. The number of hydrogen-bond acceptors (Lipinski definition) is 5. The Bertz CT molecular complexity index is 684. The monoisotopic (exact) mass is 478 g/mol. The largest absolute Gasteiger partial charge is 0.469 e. The fourth-order valence-electron chi connectivity index (χ4n) is 5.61. The van der Waals surface area contributed by atoms with Crippen LogP contribution in [0.2, 0.25) is 16.6 Å². The second-order valence-corrected chi connectivity index (χ2v) is 15.9. The van der Waals surface area contributed by atoms with Crippen molar-refractivity contribution in [3.63, 3.8) is 0 Å². The van der Waals surface area contributed by atoms with Crippen LogP contribution in [0.5, 0.6) is 0 Å². The van der Waals surface area contributed by atoms with Crippen LogP contribution in [-0.4, -0.2) is 46.3 Å². The molecule has 1 saturated heterocycles. The van der Waals surface area contributed by atoms with E-state index in [1.807, 2.05) is 18.2 Å². The van der Waals surface area contributed by atoms with Crippen LogP contribution in [0.1, 0.15) is 73.3 Å². The van der Waals surface area contributed by atoms with Crippen molar-refractivity contribution >= 4 is 14.3 Å². The van der Waals surface area contributed by atoms with Crippen molar-refractivity contribution in [2.45, 2.75) is 109 Å². The zero-order valence-corrected chi connectivity index (χ0v) is 23.0.